The number of carbonyl (C=O) groups is 2. The molecule has 4 rings (SSSR count). The molecule has 2 fully saturated rings. The van der Waals surface area contributed by atoms with E-state index in [1.165, 1.54) is 12.1 Å². The topological polar surface area (TPSA) is 101 Å². The van der Waals surface area contributed by atoms with E-state index >= 15 is 0 Å². The maximum atomic E-state index is 13.7. The molecule has 0 saturated heterocycles. The van der Waals surface area contributed by atoms with Crippen molar-refractivity contribution in [2.45, 2.75) is 68.1 Å². The van der Waals surface area contributed by atoms with Crippen molar-refractivity contribution in [3.8, 4) is 0 Å². The first kappa shape index (κ1) is 28.6. The highest BCUT2D eigenvalue weighted by molar-refractivity contribution is 7.92. The van der Waals surface area contributed by atoms with E-state index in [1.807, 2.05) is 0 Å². The van der Waals surface area contributed by atoms with Gasteiger partial charge in [0.2, 0.25) is 0 Å². The number of benzene rings is 2. The lowest BCUT2D eigenvalue weighted by molar-refractivity contribution is -0.125. The number of ketones is 1. The highest BCUT2D eigenvalue weighted by Gasteiger charge is 2.55. The van der Waals surface area contributed by atoms with Crippen molar-refractivity contribution < 1.29 is 36.3 Å². The summed E-state index contributed by atoms with van der Waals surface area (Å²) in [5, 5.41) is 12.7. The van der Waals surface area contributed by atoms with Crippen LogP contribution in [0, 0.1) is 35.2 Å². The second-order valence-electron chi connectivity index (χ2n) is 10.6. The number of fused-ring (bicyclic) bond motifs is 2. The van der Waals surface area contributed by atoms with Gasteiger partial charge in [0.1, 0.15) is 5.78 Å². The van der Waals surface area contributed by atoms with E-state index in [9.17, 15) is 36.3 Å². The number of Topliss-reactive ketones (excluding diaryl/α,β-unsaturated/α-hetero) is 1. The lowest BCUT2D eigenvalue weighted by Gasteiger charge is -2.42. The van der Waals surface area contributed by atoms with Crippen LogP contribution in [0.1, 0.15) is 62.7 Å². The van der Waals surface area contributed by atoms with Gasteiger partial charge in [0.25, 0.3) is 5.91 Å². The fourth-order valence-corrected chi connectivity index (χ4v) is 8.16. The number of carbonyl (C=O) groups excluding carboxylic acids is 2. The summed E-state index contributed by atoms with van der Waals surface area (Å²) in [6, 6.07) is 4.84. The van der Waals surface area contributed by atoms with Gasteiger partial charge in [0, 0.05) is 35.7 Å². The van der Waals surface area contributed by atoms with Crippen LogP contribution in [0.5, 0.6) is 0 Å². The van der Waals surface area contributed by atoms with Crippen LogP contribution < -0.4 is 5.32 Å². The Kier molecular flexibility index (Phi) is 7.99. The number of anilines is 1. The van der Waals surface area contributed by atoms with E-state index < -0.39 is 44.0 Å². The van der Waals surface area contributed by atoms with Crippen molar-refractivity contribution in [2.24, 2.45) is 17.8 Å². The lowest BCUT2D eigenvalue weighted by Crippen LogP contribution is -2.48. The second kappa shape index (κ2) is 10.6. The number of nitrogens with one attached hydrogen (secondary N) is 1. The lowest BCUT2D eigenvalue weighted by atomic mass is 9.71. The summed E-state index contributed by atoms with van der Waals surface area (Å²) in [6.45, 7) is 3.61. The Balaban J connectivity index is 1.54. The number of amides is 1. The maximum Gasteiger partial charge on any atom is 0.255 e. The molecule has 2 bridgehead atoms. The van der Waals surface area contributed by atoms with Crippen LogP contribution in [0.25, 0.3) is 0 Å². The highest BCUT2D eigenvalue weighted by atomic mass is 35.5. The molecule has 0 heterocycles. The Hall–Kier alpha value is -2.43. The predicted molar refractivity (Wildman–Crippen MR) is 136 cm³/mol. The largest absolute Gasteiger partial charge is 0.389 e. The van der Waals surface area contributed by atoms with Gasteiger partial charge in [0.05, 0.1) is 20.8 Å². The minimum atomic E-state index is -4.02. The van der Waals surface area contributed by atoms with Gasteiger partial charge in [-0.1, -0.05) is 25.4 Å². The smallest absolute Gasteiger partial charge is 0.255 e. The second-order valence-corrected chi connectivity index (χ2v) is 13.2. The van der Waals surface area contributed by atoms with Gasteiger partial charge in [-0.15, -0.1) is 0 Å². The Morgan fingerprint density at radius 1 is 1.08 bits per heavy atom. The molecular weight excluding hydrogens is 543 g/mol. The Morgan fingerprint density at radius 2 is 1.66 bits per heavy atom. The highest BCUT2D eigenvalue weighted by Crippen LogP contribution is 2.54. The van der Waals surface area contributed by atoms with Crippen molar-refractivity contribution in [2.75, 3.05) is 5.32 Å². The molecule has 1 amide bonds. The van der Waals surface area contributed by atoms with Gasteiger partial charge >= 0.3 is 0 Å². The van der Waals surface area contributed by atoms with E-state index in [1.54, 1.807) is 13.8 Å². The van der Waals surface area contributed by atoms with Crippen LogP contribution in [0.3, 0.4) is 0 Å². The molecule has 2 aromatic carbocycles. The molecule has 2 aliphatic rings. The Morgan fingerprint density at radius 3 is 2.21 bits per heavy atom. The van der Waals surface area contributed by atoms with Crippen LogP contribution in [-0.2, 0) is 14.6 Å². The van der Waals surface area contributed by atoms with E-state index in [-0.39, 0.29) is 64.0 Å². The third-order valence-electron chi connectivity index (χ3n) is 7.97. The van der Waals surface area contributed by atoms with Gasteiger partial charge in [0.15, 0.2) is 27.3 Å². The van der Waals surface area contributed by atoms with Crippen LogP contribution in [0.2, 0.25) is 5.02 Å². The SMILES string of the molecule is CC(C)C(=O)CCC1(O)C2CC[C@H]1CC(S(=O)(=O)c1cc(C(=O)Nc3cc(F)c(F)c(F)c3)ccc1Cl)C2. The molecule has 0 aromatic heterocycles. The minimum Gasteiger partial charge on any atom is -0.389 e. The number of aliphatic hydroxyl groups is 1. The molecule has 2 saturated carbocycles. The summed E-state index contributed by atoms with van der Waals surface area (Å²) in [7, 11) is -4.02. The van der Waals surface area contributed by atoms with Gasteiger partial charge in [-0.05, 0) is 62.1 Å². The van der Waals surface area contributed by atoms with E-state index in [2.05, 4.69) is 5.32 Å². The maximum absolute atomic E-state index is 13.7. The molecule has 0 radical (unpaired) electrons. The summed E-state index contributed by atoms with van der Waals surface area (Å²) in [4.78, 5) is 24.6. The van der Waals surface area contributed by atoms with Crippen LogP contribution in [0.4, 0.5) is 18.9 Å². The molecule has 2 aliphatic carbocycles. The average Bonchev–Trinajstić information content (AvgIpc) is 3.01. The zero-order valence-corrected chi connectivity index (χ0v) is 22.5. The monoisotopic (exact) mass is 571 g/mol. The summed E-state index contributed by atoms with van der Waals surface area (Å²) in [6.07, 6.45) is 2.25. The van der Waals surface area contributed by atoms with E-state index in [0.29, 0.717) is 31.4 Å². The molecule has 4 atom stereocenters. The number of hydrogen-bond acceptors (Lipinski definition) is 5. The first-order valence-electron chi connectivity index (χ1n) is 12.5. The molecule has 2 N–H and O–H groups in total. The number of rotatable bonds is 8. The number of sulfone groups is 1. The Labute approximate surface area is 224 Å². The molecule has 2 aromatic rings. The molecule has 6 nitrogen and oxygen atoms in total. The summed E-state index contributed by atoms with van der Waals surface area (Å²) in [5.41, 5.74) is -1.56. The van der Waals surface area contributed by atoms with Crippen molar-refractivity contribution in [1.82, 2.24) is 0 Å². The molecule has 38 heavy (non-hydrogen) atoms. The van der Waals surface area contributed by atoms with Crippen molar-refractivity contribution in [3.05, 3.63) is 58.4 Å². The van der Waals surface area contributed by atoms with E-state index in [4.69, 9.17) is 11.6 Å². The molecule has 11 heteroatoms. The van der Waals surface area contributed by atoms with Crippen molar-refractivity contribution in [1.29, 1.82) is 0 Å². The van der Waals surface area contributed by atoms with Crippen molar-refractivity contribution >= 4 is 38.8 Å². The summed E-state index contributed by atoms with van der Waals surface area (Å²) < 4.78 is 67.6. The zero-order chi connectivity index (χ0) is 28.0. The first-order chi connectivity index (χ1) is 17.7. The standard InChI is InChI=1S/C27H29ClF3NO5S/c1-14(2)23(33)7-8-27(35)16-4-5-17(27)11-19(10-16)38(36,37)24-9-15(3-6-20(24)28)26(34)32-18-12-21(29)25(31)22(30)13-18/h3,6,9,12-14,16-17,19,35H,4-5,7-8,10-11H2,1-2H3,(H,32,34)/t16-,17?,19?,27?/m0/s1. The molecule has 0 spiro atoms. The summed E-state index contributed by atoms with van der Waals surface area (Å²) >= 11 is 6.24. The van der Waals surface area contributed by atoms with Crippen LogP contribution >= 0.6 is 11.6 Å². The number of halogens is 4. The zero-order valence-electron chi connectivity index (χ0n) is 20.9. The number of hydrogen-bond donors (Lipinski definition) is 2. The molecule has 0 aliphatic heterocycles. The van der Waals surface area contributed by atoms with E-state index in [0.717, 1.165) is 6.07 Å². The van der Waals surface area contributed by atoms with Gasteiger partial charge < -0.3 is 10.4 Å². The third kappa shape index (κ3) is 5.35. The fraction of sp³-hybridized carbons (Fsp3) is 0.481. The minimum absolute atomic E-state index is 0.0561. The molecule has 206 valence electrons. The van der Waals surface area contributed by atoms with Gasteiger partial charge in [-0.3, -0.25) is 9.59 Å². The third-order valence-corrected chi connectivity index (χ3v) is 10.6. The summed E-state index contributed by atoms with van der Waals surface area (Å²) in [5.74, 6) is -6.16. The fourth-order valence-electron chi connectivity index (χ4n) is 5.76. The average molecular weight is 572 g/mol. The van der Waals surface area contributed by atoms with Gasteiger partial charge in [-0.2, -0.15) is 0 Å². The first-order valence-corrected chi connectivity index (χ1v) is 14.4. The van der Waals surface area contributed by atoms with Crippen LogP contribution in [-0.4, -0.2) is 36.1 Å². The van der Waals surface area contributed by atoms with Crippen LogP contribution in [0.15, 0.2) is 35.2 Å². The Bertz CT molecular complexity index is 1340. The molecule has 3 unspecified atom stereocenters. The quantitative estimate of drug-likeness (QED) is 0.395. The normalized spacial score (nSPS) is 25.0. The van der Waals surface area contributed by atoms with Gasteiger partial charge in [-0.25, -0.2) is 21.6 Å². The predicted octanol–water partition coefficient (Wildman–Crippen LogP) is 5.71. The molecular formula is C27H29ClF3NO5S. The van der Waals surface area contributed by atoms with Crippen molar-refractivity contribution in [3.63, 3.8) is 0 Å².